The van der Waals surface area contributed by atoms with E-state index in [4.69, 9.17) is 14.3 Å². The topological polar surface area (TPSA) is 222 Å². The third kappa shape index (κ3) is 13.1. The average Bonchev–Trinajstić information content (AvgIpc) is 3.72. The number of hydrogen-bond donors (Lipinski definition) is 4. The number of nitro benzene ring substituents is 1. The van der Waals surface area contributed by atoms with Gasteiger partial charge in [-0.1, -0.05) is 61.0 Å². The van der Waals surface area contributed by atoms with E-state index < -0.39 is 76.5 Å². The van der Waals surface area contributed by atoms with E-state index in [1.807, 2.05) is 41.5 Å². The molecule has 0 aromatic heterocycles. The first-order valence-electron chi connectivity index (χ1n) is 21.6. The van der Waals surface area contributed by atoms with Crippen LogP contribution in [0.15, 0.2) is 18.2 Å². The molecule has 0 aliphatic carbocycles. The number of phenols is 1. The third-order valence-corrected chi connectivity index (χ3v) is 12.3. The lowest BCUT2D eigenvalue weighted by Gasteiger charge is -2.41. The lowest BCUT2D eigenvalue weighted by Crippen LogP contribution is -2.59. The smallest absolute Gasteiger partial charge is 0.310 e. The Morgan fingerprint density at radius 1 is 0.967 bits per heavy atom. The van der Waals surface area contributed by atoms with Gasteiger partial charge in [-0.2, -0.15) is 0 Å². The zero-order valence-electron chi connectivity index (χ0n) is 38.0. The molecule has 2 aliphatic rings. The molecule has 2 saturated heterocycles. The average molecular weight is 862 g/mol. The summed E-state index contributed by atoms with van der Waals surface area (Å²) in [6.45, 7) is 14.3. The predicted octanol–water partition coefficient (Wildman–Crippen LogP) is 3.19. The number of methoxy groups -OCH3 is 2. The number of nitrogens with one attached hydrogen (secondary N) is 3. The lowest BCUT2D eigenvalue weighted by molar-refractivity contribution is -0.385. The van der Waals surface area contributed by atoms with E-state index in [9.17, 15) is 39.2 Å². The van der Waals surface area contributed by atoms with Gasteiger partial charge in [-0.15, -0.1) is 0 Å². The number of phenolic OH excluding ortho intramolecular Hbond substituents is 1. The highest BCUT2D eigenvalue weighted by Gasteiger charge is 2.44. The molecule has 1 aromatic rings. The summed E-state index contributed by atoms with van der Waals surface area (Å²) in [6, 6.07) is 0.311. The highest BCUT2D eigenvalue weighted by Crippen LogP contribution is 2.31. The van der Waals surface area contributed by atoms with Crippen LogP contribution in [0.3, 0.4) is 0 Å². The molecule has 61 heavy (non-hydrogen) atoms. The first kappa shape index (κ1) is 51.0. The quantitative estimate of drug-likeness (QED) is 0.0976. The van der Waals surface area contributed by atoms with Crippen molar-refractivity contribution >= 4 is 35.2 Å². The van der Waals surface area contributed by atoms with Crippen molar-refractivity contribution in [2.45, 2.75) is 136 Å². The van der Waals surface area contributed by atoms with Crippen molar-refractivity contribution in [2.24, 2.45) is 23.7 Å². The van der Waals surface area contributed by atoms with Crippen LogP contribution in [0, 0.1) is 33.8 Å². The van der Waals surface area contributed by atoms with Crippen molar-refractivity contribution in [3.05, 3.63) is 33.9 Å². The Balaban J connectivity index is 1.83. The van der Waals surface area contributed by atoms with E-state index >= 15 is 0 Å². The Morgan fingerprint density at radius 2 is 1.64 bits per heavy atom. The summed E-state index contributed by atoms with van der Waals surface area (Å²) < 4.78 is 12.0. The lowest BCUT2D eigenvalue weighted by atomic mass is 9.89. The van der Waals surface area contributed by atoms with E-state index in [0.717, 1.165) is 6.42 Å². The summed E-state index contributed by atoms with van der Waals surface area (Å²) in [5.41, 5.74) is -0.182. The molecule has 2 aliphatic heterocycles. The van der Waals surface area contributed by atoms with Gasteiger partial charge in [0, 0.05) is 46.8 Å². The Hall–Kier alpha value is -4.39. The number of hydroxylamine groups is 2. The maximum Gasteiger partial charge on any atom is 0.310 e. The highest BCUT2D eigenvalue weighted by atomic mass is 16.7. The van der Waals surface area contributed by atoms with Gasteiger partial charge in [0.2, 0.25) is 23.6 Å². The second-order valence-electron chi connectivity index (χ2n) is 17.2. The number of carbonyl (C=O) groups excluding carboxylic acids is 5. The van der Waals surface area contributed by atoms with Gasteiger partial charge < -0.3 is 40.3 Å². The summed E-state index contributed by atoms with van der Waals surface area (Å²) >= 11 is 0. The number of carbonyl (C=O) groups is 5. The van der Waals surface area contributed by atoms with Crippen molar-refractivity contribution in [1.29, 1.82) is 0 Å². The van der Waals surface area contributed by atoms with Crippen LogP contribution in [-0.2, 0) is 44.7 Å². The van der Waals surface area contributed by atoms with Crippen molar-refractivity contribution in [2.75, 3.05) is 48.0 Å². The van der Waals surface area contributed by atoms with Crippen molar-refractivity contribution in [3.63, 3.8) is 0 Å². The van der Waals surface area contributed by atoms with E-state index in [1.165, 1.54) is 37.5 Å². The summed E-state index contributed by atoms with van der Waals surface area (Å²) in [4.78, 5) is 89.4. The normalized spacial score (nSPS) is 19.7. The molecule has 2 heterocycles. The maximum absolute atomic E-state index is 14.3. The van der Waals surface area contributed by atoms with E-state index in [0.29, 0.717) is 50.9 Å². The zero-order chi connectivity index (χ0) is 45.7. The fourth-order valence-corrected chi connectivity index (χ4v) is 8.57. The monoisotopic (exact) mass is 862 g/mol. The molecular weight excluding hydrogens is 791 g/mol. The van der Waals surface area contributed by atoms with Gasteiger partial charge in [-0.3, -0.25) is 38.9 Å². The minimum absolute atomic E-state index is 0.00255. The summed E-state index contributed by atoms with van der Waals surface area (Å²) in [7, 11) is 6.38. The minimum Gasteiger partial charge on any atom is -0.502 e. The molecule has 0 radical (unpaired) electrons. The van der Waals surface area contributed by atoms with Gasteiger partial charge in [-0.25, -0.2) is 5.06 Å². The molecule has 0 bridgehead atoms. The molecule has 3 rings (SSSR count). The Kier molecular flexibility index (Phi) is 19.8. The zero-order valence-corrected chi connectivity index (χ0v) is 38.0. The van der Waals surface area contributed by atoms with Gasteiger partial charge in [-0.05, 0) is 62.1 Å². The number of hydrogen-bond acceptors (Lipinski definition) is 12. The fourth-order valence-electron chi connectivity index (χ4n) is 8.57. The Bertz CT molecular complexity index is 1660. The number of ether oxygens (including phenoxy) is 2. The molecule has 18 heteroatoms. The molecule has 9 atom stereocenters. The molecule has 344 valence electrons. The number of benzene rings is 1. The van der Waals surface area contributed by atoms with Crippen LogP contribution in [-0.4, -0.2) is 145 Å². The van der Waals surface area contributed by atoms with Crippen LogP contribution in [0.2, 0.25) is 0 Å². The van der Waals surface area contributed by atoms with E-state index in [2.05, 4.69) is 16.0 Å². The molecule has 0 spiro atoms. The number of rotatable bonds is 22. The van der Waals surface area contributed by atoms with Gasteiger partial charge in [0.15, 0.2) is 5.75 Å². The largest absolute Gasteiger partial charge is 0.502 e. The second-order valence-corrected chi connectivity index (χ2v) is 17.2. The second kappa shape index (κ2) is 23.7. The summed E-state index contributed by atoms with van der Waals surface area (Å²) in [5.74, 6) is -3.52. The minimum atomic E-state index is -1.17. The Labute approximate surface area is 360 Å². The maximum atomic E-state index is 14.3. The molecule has 2 fully saturated rings. The van der Waals surface area contributed by atoms with Crippen molar-refractivity contribution in [1.82, 2.24) is 30.8 Å². The number of nitro groups is 1. The predicted molar refractivity (Wildman–Crippen MR) is 228 cm³/mol. The molecule has 1 aromatic carbocycles. The molecule has 0 saturated carbocycles. The molecule has 4 N–H and O–H groups in total. The molecular formula is C43H71N7O11. The molecule has 1 unspecified atom stereocenters. The van der Waals surface area contributed by atoms with Gasteiger partial charge in [0.05, 0.1) is 54.2 Å². The van der Waals surface area contributed by atoms with Crippen LogP contribution in [0.4, 0.5) is 5.69 Å². The van der Waals surface area contributed by atoms with Crippen molar-refractivity contribution in [3.8, 4) is 5.75 Å². The first-order chi connectivity index (χ1) is 28.8. The Morgan fingerprint density at radius 3 is 2.18 bits per heavy atom. The van der Waals surface area contributed by atoms with E-state index in [1.54, 1.807) is 30.8 Å². The third-order valence-electron chi connectivity index (χ3n) is 12.3. The van der Waals surface area contributed by atoms with Crippen LogP contribution in [0.1, 0.15) is 92.6 Å². The van der Waals surface area contributed by atoms with Crippen LogP contribution >= 0.6 is 0 Å². The molecule has 5 amide bonds. The number of nitrogens with zero attached hydrogens (tertiary/aromatic N) is 4. The van der Waals surface area contributed by atoms with Gasteiger partial charge >= 0.3 is 5.69 Å². The number of amides is 5. The van der Waals surface area contributed by atoms with Crippen LogP contribution in [0.25, 0.3) is 0 Å². The van der Waals surface area contributed by atoms with E-state index in [-0.39, 0.29) is 48.3 Å². The summed E-state index contributed by atoms with van der Waals surface area (Å²) in [6.07, 6.45) is 1.70. The fraction of sp³-hybridized carbons (Fsp3) is 0.744. The number of aromatic hydroxyl groups is 1. The van der Waals surface area contributed by atoms with Crippen molar-refractivity contribution < 1.29 is 48.3 Å². The van der Waals surface area contributed by atoms with Gasteiger partial charge in [0.1, 0.15) is 12.1 Å². The number of likely N-dealkylation sites (N-methyl/N-ethyl adjacent to an activating group) is 2. The standard InChI is InChI=1S/C43H71N7O11/c1-12-27(6)38(47(9)43(56)37(26(4)5)46-41(54)36(44-8)25(2)3)34(59-10)24-35(52)48-19-15-16-31(48)39(60-11)28(7)40(53)45-30(42(55)49-20-13-14-21-61-49)22-29-17-18-33(51)32(23-29)50(57)58/h17-18,23,25-28,30-31,34,36-39,44,51H,12-16,19-22,24H2,1-11H3,(H,45,53)(H,46,54)/t27-,28+,30-,31-,34+,36?,37-,38-,39+/m0/s1. The number of likely N-dealkylation sites (tertiary alicyclic amines) is 1. The van der Waals surface area contributed by atoms with Crippen LogP contribution < -0.4 is 16.0 Å². The van der Waals surface area contributed by atoms with Crippen LogP contribution in [0.5, 0.6) is 5.75 Å². The highest BCUT2D eigenvalue weighted by molar-refractivity contribution is 5.90. The first-order valence-corrected chi connectivity index (χ1v) is 21.6. The molecule has 18 nitrogen and oxygen atoms in total. The summed E-state index contributed by atoms with van der Waals surface area (Å²) in [5, 5.41) is 31.6. The SMILES string of the molecule is CC[C@H](C)[C@@H]([C@@H](CC(=O)N1CCC[C@H]1[C@H](OC)[C@@H](C)C(=O)N[C@@H](Cc1ccc(O)c([N+](=O)[O-])c1)C(=O)N1CCCCO1)OC)N(C)C(=O)[C@@H](NC(=O)C(NC)C(C)C)C(C)C. The van der Waals surface area contributed by atoms with Gasteiger partial charge in [0.25, 0.3) is 5.91 Å².